The molecule has 2 aromatic carbocycles. The minimum absolute atomic E-state index is 0.0411. The monoisotopic (exact) mass is 408 g/mol. The molecule has 2 aromatic rings. The Morgan fingerprint density at radius 3 is 2.27 bits per heavy atom. The van der Waals surface area contributed by atoms with E-state index >= 15 is 0 Å². The molecule has 1 aliphatic rings. The van der Waals surface area contributed by atoms with E-state index in [-0.39, 0.29) is 24.8 Å². The lowest BCUT2D eigenvalue weighted by Crippen LogP contribution is -2.46. The molecule has 2 amide bonds. The highest BCUT2D eigenvalue weighted by atomic mass is 16.5. The Morgan fingerprint density at radius 2 is 1.67 bits per heavy atom. The Hall–Kier alpha value is -3.15. The van der Waals surface area contributed by atoms with Gasteiger partial charge >= 0.3 is 5.97 Å². The third-order valence-corrected chi connectivity index (χ3v) is 5.35. The summed E-state index contributed by atoms with van der Waals surface area (Å²) >= 11 is 0. The average Bonchev–Trinajstić information content (AvgIpc) is 3.13. The quantitative estimate of drug-likeness (QED) is 0.630. The van der Waals surface area contributed by atoms with E-state index in [0.717, 1.165) is 11.1 Å². The van der Waals surface area contributed by atoms with Crippen LogP contribution in [0.25, 0.3) is 0 Å². The third kappa shape index (κ3) is 5.26. The number of rotatable bonds is 8. The van der Waals surface area contributed by atoms with E-state index in [9.17, 15) is 14.4 Å². The fourth-order valence-corrected chi connectivity index (χ4v) is 3.70. The number of amides is 2. The van der Waals surface area contributed by atoms with Crippen molar-refractivity contribution in [3.63, 3.8) is 0 Å². The van der Waals surface area contributed by atoms with Gasteiger partial charge in [0.15, 0.2) is 0 Å². The number of carbonyl (C=O) groups is 3. The van der Waals surface area contributed by atoms with E-state index in [1.165, 1.54) is 4.90 Å². The molecule has 0 aromatic heterocycles. The molecule has 30 heavy (non-hydrogen) atoms. The fraction of sp³-hybridized carbons (Fsp3) is 0.375. The lowest BCUT2D eigenvalue weighted by atomic mass is 10.0. The molecule has 158 valence electrons. The number of likely N-dealkylation sites (tertiary alicyclic amines) is 1. The van der Waals surface area contributed by atoms with E-state index in [1.807, 2.05) is 60.7 Å². The largest absolute Gasteiger partial charge is 0.464 e. The van der Waals surface area contributed by atoms with Gasteiger partial charge in [-0.05, 0) is 25.0 Å². The summed E-state index contributed by atoms with van der Waals surface area (Å²) in [7, 11) is 0. The van der Waals surface area contributed by atoms with Crippen LogP contribution in [0.5, 0.6) is 0 Å². The van der Waals surface area contributed by atoms with Crippen molar-refractivity contribution in [3.05, 3.63) is 71.8 Å². The van der Waals surface area contributed by atoms with E-state index in [2.05, 4.69) is 0 Å². The molecule has 3 rings (SSSR count). The van der Waals surface area contributed by atoms with Gasteiger partial charge in [-0.2, -0.15) is 0 Å². The summed E-state index contributed by atoms with van der Waals surface area (Å²) < 4.78 is 5.15. The smallest absolute Gasteiger partial charge is 0.328 e. The first-order valence-electron chi connectivity index (χ1n) is 10.3. The molecule has 0 radical (unpaired) electrons. The van der Waals surface area contributed by atoms with Crippen molar-refractivity contribution in [2.24, 2.45) is 5.92 Å². The zero-order valence-corrected chi connectivity index (χ0v) is 17.5. The highest BCUT2D eigenvalue weighted by Crippen LogP contribution is 2.24. The first-order chi connectivity index (χ1) is 14.5. The highest BCUT2D eigenvalue weighted by molar-refractivity contribution is 5.91. The zero-order chi connectivity index (χ0) is 21.5. The number of benzene rings is 2. The van der Waals surface area contributed by atoms with E-state index in [1.54, 1.807) is 18.7 Å². The first-order valence-corrected chi connectivity index (χ1v) is 10.3. The molecular weight excluding hydrogens is 380 g/mol. The van der Waals surface area contributed by atoms with Crippen molar-refractivity contribution < 1.29 is 19.1 Å². The molecule has 6 heteroatoms. The number of hydrogen-bond donors (Lipinski definition) is 0. The van der Waals surface area contributed by atoms with Gasteiger partial charge in [-0.25, -0.2) is 4.79 Å². The van der Waals surface area contributed by atoms with Crippen molar-refractivity contribution in [2.75, 3.05) is 13.2 Å². The van der Waals surface area contributed by atoms with Gasteiger partial charge in [-0.3, -0.25) is 9.59 Å². The molecule has 0 N–H and O–H groups in total. The van der Waals surface area contributed by atoms with Crippen molar-refractivity contribution >= 4 is 17.8 Å². The Kier molecular flexibility index (Phi) is 7.22. The summed E-state index contributed by atoms with van der Waals surface area (Å²) in [6, 6.07) is 18.5. The Morgan fingerprint density at radius 1 is 1.07 bits per heavy atom. The lowest BCUT2D eigenvalue weighted by Gasteiger charge is -2.30. The van der Waals surface area contributed by atoms with Crippen LogP contribution >= 0.6 is 0 Å². The van der Waals surface area contributed by atoms with Gasteiger partial charge in [-0.15, -0.1) is 0 Å². The zero-order valence-electron chi connectivity index (χ0n) is 17.5. The predicted molar refractivity (Wildman–Crippen MR) is 113 cm³/mol. The maximum atomic E-state index is 13.4. The standard InChI is InChI=1S/C24H28N2O4/c1-3-30-24(29)18(2)26(16-20-12-8-5-9-13-20)23(28)21-14-22(27)25(17-21)15-19-10-6-4-7-11-19/h4-13,18,21H,3,14-17H2,1-2H3. The number of ether oxygens (including phenoxy) is 1. The van der Waals surface area contributed by atoms with Crippen LogP contribution in [0.4, 0.5) is 0 Å². The van der Waals surface area contributed by atoms with Gasteiger partial charge in [0.05, 0.1) is 12.5 Å². The lowest BCUT2D eigenvalue weighted by molar-refractivity contribution is -0.156. The van der Waals surface area contributed by atoms with Crippen LogP contribution in [0.2, 0.25) is 0 Å². The number of hydrogen-bond acceptors (Lipinski definition) is 4. The number of carbonyl (C=O) groups excluding carboxylic acids is 3. The maximum absolute atomic E-state index is 13.4. The van der Waals surface area contributed by atoms with Gasteiger partial charge in [0.25, 0.3) is 0 Å². The second-order valence-electron chi connectivity index (χ2n) is 7.54. The molecule has 2 atom stereocenters. The third-order valence-electron chi connectivity index (χ3n) is 5.35. The molecular formula is C24H28N2O4. The van der Waals surface area contributed by atoms with Crippen LogP contribution in [-0.4, -0.2) is 46.8 Å². The van der Waals surface area contributed by atoms with Gasteiger partial charge in [0, 0.05) is 26.1 Å². The van der Waals surface area contributed by atoms with Crippen LogP contribution in [0, 0.1) is 5.92 Å². The second kappa shape index (κ2) is 10.1. The predicted octanol–water partition coefficient (Wildman–Crippen LogP) is 3.02. The summed E-state index contributed by atoms with van der Waals surface area (Å²) in [5.41, 5.74) is 1.95. The maximum Gasteiger partial charge on any atom is 0.328 e. The molecule has 6 nitrogen and oxygen atoms in total. The van der Waals surface area contributed by atoms with Crippen LogP contribution in [-0.2, 0) is 32.2 Å². The van der Waals surface area contributed by atoms with Crippen molar-refractivity contribution in [1.82, 2.24) is 9.80 Å². The molecule has 1 aliphatic heterocycles. The first kappa shape index (κ1) is 21.6. The van der Waals surface area contributed by atoms with Gasteiger partial charge < -0.3 is 14.5 Å². The minimum atomic E-state index is -0.726. The molecule has 2 unspecified atom stereocenters. The van der Waals surface area contributed by atoms with Gasteiger partial charge in [0.1, 0.15) is 6.04 Å². The van der Waals surface area contributed by atoms with Crippen molar-refractivity contribution in [1.29, 1.82) is 0 Å². The minimum Gasteiger partial charge on any atom is -0.464 e. The summed E-state index contributed by atoms with van der Waals surface area (Å²) in [6.45, 7) is 4.80. The van der Waals surface area contributed by atoms with Crippen LogP contribution in [0.3, 0.4) is 0 Å². The number of esters is 1. The average molecular weight is 408 g/mol. The molecule has 1 heterocycles. The summed E-state index contributed by atoms with van der Waals surface area (Å²) in [6.07, 6.45) is 0.159. The Bertz CT molecular complexity index is 869. The van der Waals surface area contributed by atoms with Crippen LogP contribution < -0.4 is 0 Å². The SMILES string of the molecule is CCOC(=O)C(C)N(Cc1ccccc1)C(=O)C1CC(=O)N(Cc2ccccc2)C1. The fourth-order valence-electron chi connectivity index (χ4n) is 3.70. The highest BCUT2D eigenvalue weighted by Gasteiger charge is 2.39. The summed E-state index contributed by atoms with van der Waals surface area (Å²) in [5.74, 6) is -1.14. The molecule has 0 bridgehead atoms. The summed E-state index contributed by atoms with van der Waals surface area (Å²) in [4.78, 5) is 41.6. The molecule has 0 aliphatic carbocycles. The molecule has 0 saturated carbocycles. The normalized spacial score (nSPS) is 16.9. The van der Waals surface area contributed by atoms with Crippen molar-refractivity contribution in [2.45, 2.75) is 39.4 Å². The summed E-state index contributed by atoms with van der Waals surface area (Å²) in [5, 5.41) is 0. The van der Waals surface area contributed by atoms with Crippen LogP contribution in [0.1, 0.15) is 31.4 Å². The van der Waals surface area contributed by atoms with E-state index in [4.69, 9.17) is 4.74 Å². The second-order valence-corrected chi connectivity index (χ2v) is 7.54. The van der Waals surface area contributed by atoms with Crippen LogP contribution in [0.15, 0.2) is 60.7 Å². The topological polar surface area (TPSA) is 66.9 Å². The molecule has 1 saturated heterocycles. The van der Waals surface area contributed by atoms with Crippen molar-refractivity contribution in [3.8, 4) is 0 Å². The molecule has 1 fully saturated rings. The van der Waals surface area contributed by atoms with E-state index in [0.29, 0.717) is 19.6 Å². The van der Waals surface area contributed by atoms with Gasteiger partial charge in [0.2, 0.25) is 11.8 Å². The van der Waals surface area contributed by atoms with Gasteiger partial charge in [-0.1, -0.05) is 60.7 Å². The van der Waals surface area contributed by atoms with E-state index < -0.39 is 17.9 Å². The molecule has 0 spiro atoms. The number of nitrogens with zero attached hydrogens (tertiary/aromatic N) is 2. The Labute approximate surface area is 177 Å². The Balaban J connectivity index is 1.74.